The maximum atomic E-state index is 13.1. The van der Waals surface area contributed by atoms with Crippen LogP contribution in [0.4, 0.5) is 10.1 Å². The number of rotatable bonds is 6. The predicted molar refractivity (Wildman–Crippen MR) is 116 cm³/mol. The van der Waals surface area contributed by atoms with Crippen molar-refractivity contribution in [3.63, 3.8) is 0 Å². The molecule has 0 bridgehead atoms. The lowest BCUT2D eigenvalue weighted by Crippen LogP contribution is -2.27. The Morgan fingerprint density at radius 1 is 1.03 bits per heavy atom. The molecule has 0 saturated heterocycles. The van der Waals surface area contributed by atoms with Gasteiger partial charge in [0.25, 0.3) is 15.9 Å². The highest BCUT2D eigenvalue weighted by molar-refractivity contribution is 7.92. The summed E-state index contributed by atoms with van der Waals surface area (Å²) in [7, 11) is -4.00. The fourth-order valence-electron chi connectivity index (χ4n) is 2.99. The van der Waals surface area contributed by atoms with Crippen molar-refractivity contribution in [2.24, 2.45) is 0 Å². The second kappa shape index (κ2) is 8.85. The Labute approximate surface area is 179 Å². The molecule has 0 aliphatic carbocycles. The molecular formula is C22H20ClFN2O3S. The lowest BCUT2D eigenvalue weighted by atomic mass is 10.0. The Morgan fingerprint density at radius 3 is 2.37 bits per heavy atom. The van der Waals surface area contributed by atoms with Crippen molar-refractivity contribution in [1.29, 1.82) is 0 Å². The van der Waals surface area contributed by atoms with Gasteiger partial charge in [0, 0.05) is 5.56 Å². The second-order valence-electron chi connectivity index (χ2n) is 6.81. The van der Waals surface area contributed by atoms with Crippen LogP contribution in [0.25, 0.3) is 0 Å². The summed E-state index contributed by atoms with van der Waals surface area (Å²) in [5.41, 5.74) is 2.33. The third kappa shape index (κ3) is 4.98. The summed E-state index contributed by atoms with van der Waals surface area (Å²) < 4.78 is 40.5. The van der Waals surface area contributed by atoms with E-state index in [9.17, 15) is 17.6 Å². The highest BCUT2D eigenvalue weighted by Crippen LogP contribution is 2.26. The van der Waals surface area contributed by atoms with Gasteiger partial charge in [-0.05, 0) is 67.4 Å². The van der Waals surface area contributed by atoms with Crippen LogP contribution in [0.2, 0.25) is 5.02 Å². The molecule has 30 heavy (non-hydrogen) atoms. The number of anilines is 1. The van der Waals surface area contributed by atoms with E-state index >= 15 is 0 Å². The van der Waals surface area contributed by atoms with Gasteiger partial charge in [-0.2, -0.15) is 0 Å². The molecule has 5 nitrogen and oxygen atoms in total. The van der Waals surface area contributed by atoms with Crippen molar-refractivity contribution >= 4 is 33.2 Å². The summed E-state index contributed by atoms with van der Waals surface area (Å²) in [6.07, 6.45) is 0. The summed E-state index contributed by atoms with van der Waals surface area (Å²) in [6.45, 7) is 3.83. The van der Waals surface area contributed by atoms with Gasteiger partial charge in [0.05, 0.1) is 21.6 Å². The van der Waals surface area contributed by atoms with Crippen LogP contribution in [0, 0.1) is 12.7 Å². The van der Waals surface area contributed by atoms with E-state index in [0.29, 0.717) is 0 Å². The Hall–Kier alpha value is -2.90. The van der Waals surface area contributed by atoms with Crippen molar-refractivity contribution in [3.8, 4) is 0 Å². The largest absolute Gasteiger partial charge is 0.346 e. The molecule has 0 fully saturated rings. The minimum atomic E-state index is -4.00. The molecule has 3 rings (SSSR count). The summed E-state index contributed by atoms with van der Waals surface area (Å²) in [5, 5.41) is 3.03. The van der Waals surface area contributed by atoms with Crippen LogP contribution in [0.15, 0.2) is 71.6 Å². The molecule has 0 aromatic heterocycles. The molecule has 0 heterocycles. The number of hydrogen-bond donors (Lipinski definition) is 2. The molecule has 0 aliphatic rings. The highest BCUT2D eigenvalue weighted by atomic mass is 35.5. The highest BCUT2D eigenvalue weighted by Gasteiger charge is 2.18. The van der Waals surface area contributed by atoms with E-state index in [2.05, 4.69) is 10.0 Å². The third-order valence-electron chi connectivity index (χ3n) is 4.60. The first-order chi connectivity index (χ1) is 14.2. The summed E-state index contributed by atoms with van der Waals surface area (Å²) in [5.74, 6) is -0.918. The van der Waals surface area contributed by atoms with Gasteiger partial charge in [-0.1, -0.05) is 35.9 Å². The lowest BCUT2D eigenvalue weighted by molar-refractivity contribution is 0.0940. The molecule has 3 aromatic carbocycles. The van der Waals surface area contributed by atoms with E-state index in [-0.39, 0.29) is 33.1 Å². The average Bonchev–Trinajstić information content (AvgIpc) is 2.70. The topological polar surface area (TPSA) is 75.3 Å². The van der Waals surface area contributed by atoms with Gasteiger partial charge in [0.2, 0.25) is 0 Å². The summed E-state index contributed by atoms with van der Waals surface area (Å²) in [4.78, 5) is 12.6. The zero-order valence-electron chi connectivity index (χ0n) is 16.3. The van der Waals surface area contributed by atoms with E-state index in [1.165, 1.54) is 18.2 Å². The van der Waals surface area contributed by atoms with E-state index in [1.807, 2.05) is 38.1 Å². The van der Waals surface area contributed by atoms with E-state index in [1.54, 1.807) is 0 Å². The maximum absolute atomic E-state index is 13.1. The molecular weight excluding hydrogens is 427 g/mol. The van der Waals surface area contributed by atoms with Gasteiger partial charge >= 0.3 is 0 Å². The number of carbonyl (C=O) groups is 1. The van der Waals surface area contributed by atoms with Gasteiger partial charge in [-0.3, -0.25) is 9.52 Å². The summed E-state index contributed by atoms with van der Waals surface area (Å²) >= 11 is 6.12. The van der Waals surface area contributed by atoms with Gasteiger partial charge in [0.15, 0.2) is 0 Å². The minimum absolute atomic E-state index is 0.0530. The fraction of sp³-hybridized carbons (Fsp3) is 0.136. The van der Waals surface area contributed by atoms with Crippen LogP contribution >= 0.6 is 11.6 Å². The molecule has 0 radical (unpaired) electrons. The van der Waals surface area contributed by atoms with Crippen LogP contribution in [0.1, 0.15) is 34.5 Å². The number of aryl methyl sites for hydroxylation is 1. The number of halogens is 2. The number of benzene rings is 3. The van der Waals surface area contributed by atoms with E-state index < -0.39 is 15.8 Å². The van der Waals surface area contributed by atoms with Crippen molar-refractivity contribution in [2.75, 3.05) is 4.72 Å². The number of sulfonamides is 1. The molecule has 156 valence electrons. The van der Waals surface area contributed by atoms with Crippen molar-refractivity contribution in [3.05, 3.63) is 94.3 Å². The Kier molecular flexibility index (Phi) is 6.43. The smallest absolute Gasteiger partial charge is 0.261 e. The van der Waals surface area contributed by atoms with E-state index in [4.69, 9.17) is 11.6 Å². The van der Waals surface area contributed by atoms with Crippen molar-refractivity contribution in [2.45, 2.75) is 24.8 Å². The van der Waals surface area contributed by atoms with Crippen LogP contribution in [0.3, 0.4) is 0 Å². The average molecular weight is 447 g/mol. The van der Waals surface area contributed by atoms with Crippen LogP contribution in [0.5, 0.6) is 0 Å². The van der Waals surface area contributed by atoms with Crippen molar-refractivity contribution in [1.82, 2.24) is 5.32 Å². The fourth-order valence-corrected chi connectivity index (χ4v) is 4.28. The number of amides is 1. The molecule has 1 unspecified atom stereocenters. The molecule has 0 saturated carbocycles. The second-order valence-corrected chi connectivity index (χ2v) is 8.90. The zero-order valence-corrected chi connectivity index (χ0v) is 17.9. The molecule has 8 heteroatoms. The summed E-state index contributed by atoms with van der Waals surface area (Å²) in [6, 6.07) is 16.2. The molecule has 0 aliphatic heterocycles. The minimum Gasteiger partial charge on any atom is -0.346 e. The van der Waals surface area contributed by atoms with Crippen molar-refractivity contribution < 1.29 is 17.6 Å². The van der Waals surface area contributed by atoms with Gasteiger partial charge in [-0.25, -0.2) is 12.8 Å². The number of carbonyl (C=O) groups excluding carboxylic acids is 1. The maximum Gasteiger partial charge on any atom is 0.261 e. The Balaban J connectivity index is 1.81. The van der Waals surface area contributed by atoms with Gasteiger partial charge in [0.1, 0.15) is 5.82 Å². The monoisotopic (exact) mass is 446 g/mol. The number of hydrogen-bond acceptors (Lipinski definition) is 3. The third-order valence-corrected chi connectivity index (χ3v) is 6.31. The first-order valence-electron chi connectivity index (χ1n) is 9.12. The molecule has 0 spiro atoms. The standard InChI is InChI=1S/C22H20ClFN2O3S/c1-14-5-3-4-6-19(14)15(2)25-22(27)16-7-12-20(23)21(13-16)26-30(28,29)18-10-8-17(24)9-11-18/h3-13,15,26H,1-2H3,(H,25,27). The Bertz CT molecular complexity index is 1180. The zero-order chi connectivity index (χ0) is 21.9. The quantitative estimate of drug-likeness (QED) is 0.554. The molecule has 3 aromatic rings. The predicted octanol–water partition coefficient (Wildman–Crippen LogP) is 5.08. The lowest BCUT2D eigenvalue weighted by Gasteiger charge is -2.17. The van der Waals surface area contributed by atoms with E-state index in [0.717, 1.165) is 35.4 Å². The Morgan fingerprint density at radius 2 is 1.70 bits per heavy atom. The first kappa shape index (κ1) is 21.8. The van der Waals surface area contributed by atoms with Crippen LogP contribution in [-0.2, 0) is 10.0 Å². The van der Waals surface area contributed by atoms with Crippen LogP contribution in [-0.4, -0.2) is 14.3 Å². The first-order valence-corrected chi connectivity index (χ1v) is 11.0. The molecule has 1 atom stereocenters. The molecule has 2 N–H and O–H groups in total. The SMILES string of the molecule is Cc1ccccc1C(C)NC(=O)c1ccc(Cl)c(NS(=O)(=O)c2ccc(F)cc2)c1. The van der Waals surface area contributed by atoms with Crippen LogP contribution < -0.4 is 10.0 Å². The number of nitrogens with one attached hydrogen (secondary N) is 2. The normalized spacial score (nSPS) is 12.3. The van der Waals surface area contributed by atoms with Gasteiger partial charge < -0.3 is 5.32 Å². The molecule has 1 amide bonds. The van der Waals surface area contributed by atoms with Gasteiger partial charge in [-0.15, -0.1) is 0 Å².